The fourth-order valence-corrected chi connectivity index (χ4v) is 1.58. The third-order valence-corrected chi connectivity index (χ3v) is 2.69. The Hall–Kier alpha value is -2.12. The quantitative estimate of drug-likeness (QED) is 0.621. The molecule has 0 aliphatic carbocycles. The van der Waals surface area contributed by atoms with Crippen molar-refractivity contribution < 1.29 is 18.0 Å². The predicted octanol–water partition coefficient (Wildman–Crippen LogP) is 4.92. The molecular weight excluding hydrogens is 354 g/mol. The third-order valence-electron chi connectivity index (χ3n) is 2.23. The van der Waals surface area contributed by atoms with Gasteiger partial charge in [-0.1, -0.05) is 36.4 Å². The lowest BCUT2D eigenvalue weighted by Crippen LogP contribution is -2.07. The number of carbonyl (C=O) groups excluding carboxylic acids is 1. The molecule has 0 spiro atoms. The van der Waals surface area contributed by atoms with Gasteiger partial charge in [0.1, 0.15) is 5.02 Å². The van der Waals surface area contributed by atoms with Crippen LogP contribution in [0.1, 0.15) is 5.56 Å². The van der Waals surface area contributed by atoms with Gasteiger partial charge in [0.25, 0.3) is 0 Å². The standard InChI is InChI=1S/C12H9Cl2N3.C2HF3O/c1-2-8-4-3-5-9(6-8)16-11-10(13)7-15-12(14)17-11;3-2(4,5)1-6/h2-7H,1H2,(H,15,16,17);1H. The van der Waals surface area contributed by atoms with Crippen LogP contribution in [0, 0.1) is 0 Å². The predicted molar refractivity (Wildman–Crippen MR) is 84.0 cm³/mol. The molecule has 0 saturated heterocycles. The average molecular weight is 364 g/mol. The van der Waals surface area contributed by atoms with Crippen molar-refractivity contribution in [1.82, 2.24) is 9.97 Å². The van der Waals surface area contributed by atoms with Crippen molar-refractivity contribution in [3.8, 4) is 0 Å². The van der Waals surface area contributed by atoms with E-state index in [2.05, 4.69) is 21.9 Å². The minimum absolute atomic E-state index is 0.150. The van der Waals surface area contributed by atoms with Crippen LogP contribution in [-0.4, -0.2) is 22.4 Å². The Bertz CT molecular complexity index is 693. The molecule has 0 radical (unpaired) electrons. The maximum absolute atomic E-state index is 10.4. The van der Waals surface area contributed by atoms with Gasteiger partial charge in [0.2, 0.25) is 11.6 Å². The van der Waals surface area contributed by atoms with Crippen LogP contribution >= 0.6 is 23.2 Å². The molecule has 1 N–H and O–H groups in total. The van der Waals surface area contributed by atoms with Crippen molar-refractivity contribution in [2.75, 3.05) is 5.32 Å². The number of carbonyl (C=O) groups is 1. The number of halogens is 5. The summed E-state index contributed by atoms with van der Waals surface area (Å²) in [6, 6.07) is 7.70. The van der Waals surface area contributed by atoms with Gasteiger partial charge >= 0.3 is 6.18 Å². The third kappa shape index (κ3) is 7.12. The molecule has 0 aliphatic heterocycles. The summed E-state index contributed by atoms with van der Waals surface area (Å²) in [5, 5.41) is 3.64. The first-order valence-corrected chi connectivity index (χ1v) is 6.71. The summed E-state index contributed by atoms with van der Waals surface area (Å²) < 4.78 is 31.2. The van der Waals surface area contributed by atoms with Crippen LogP contribution in [0.4, 0.5) is 24.7 Å². The van der Waals surface area contributed by atoms with Crippen LogP contribution in [0.2, 0.25) is 10.3 Å². The lowest BCUT2D eigenvalue weighted by Gasteiger charge is -2.07. The second-order valence-corrected chi connectivity index (χ2v) is 4.69. The van der Waals surface area contributed by atoms with Crippen molar-refractivity contribution in [2.45, 2.75) is 6.18 Å². The number of rotatable bonds is 3. The number of anilines is 2. The molecule has 0 atom stereocenters. The molecule has 1 heterocycles. The molecule has 1 aromatic carbocycles. The van der Waals surface area contributed by atoms with Gasteiger partial charge in [-0.2, -0.15) is 18.2 Å². The highest BCUT2D eigenvalue weighted by atomic mass is 35.5. The van der Waals surface area contributed by atoms with Crippen molar-refractivity contribution >= 4 is 47.1 Å². The van der Waals surface area contributed by atoms with E-state index in [-0.39, 0.29) is 5.28 Å². The minimum atomic E-state index is -4.64. The van der Waals surface area contributed by atoms with Crippen LogP contribution in [0.25, 0.3) is 6.08 Å². The fourth-order valence-electron chi connectivity index (χ4n) is 1.31. The van der Waals surface area contributed by atoms with Gasteiger partial charge in [-0.25, -0.2) is 4.98 Å². The number of nitrogens with one attached hydrogen (secondary N) is 1. The van der Waals surface area contributed by atoms with E-state index in [1.807, 2.05) is 24.3 Å². The van der Waals surface area contributed by atoms with Crippen LogP contribution in [0.5, 0.6) is 0 Å². The van der Waals surface area contributed by atoms with E-state index in [1.54, 1.807) is 6.08 Å². The number of benzene rings is 1. The van der Waals surface area contributed by atoms with Gasteiger partial charge in [-0.3, -0.25) is 4.79 Å². The number of hydrogen-bond acceptors (Lipinski definition) is 4. The molecular formula is C14H10Cl2F3N3O. The lowest BCUT2D eigenvalue weighted by atomic mass is 10.2. The topological polar surface area (TPSA) is 54.9 Å². The number of aldehydes is 1. The zero-order valence-electron chi connectivity index (χ0n) is 11.4. The average Bonchev–Trinajstić information content (AvgIpc) is 2.51. The van der Waals surface area contributed by atoms with Crippen molar-refractivity contribution in [3.05, 3.63) is 52.9 Å². The molecule has 2 aromatic rings. The zero-order chi connectivity index (χ0) is 17.5. The van der Waals surface area contributed by atoms with E-state index in [0.29, 0.717) is 10.8 Å². The molecule has 4 nitrogen and oxygen atoms in total. The Morgan fingerprint density at radius 2 is 1.91 bits per heavy atom. The number of alkyl halides is 3. The molecule has 23 heavy (non-hydrogen) atoms. The van der Waals surface area contributed by atoms with E-state index < -0.39 is 12.5 Å². The van der Waals surface area contributed by atoms with E-state index in [1.165, 1.54) is 6.20 Å². The Labute approximate surface area is 140 Å². The summed E-state index contributed by atoms with van der Waals surface area (Å²) in [5.41, 5.74) is 1.87. The number of nitrogens with zero attached hydrogens (tertiary/aromatic N) is 2. The highest BCUT2D eigenvalue weighted by molar-refractivity contribution is 6.33. The number of aromatic nitrogens is 2. The molecule has 122 valence electrons. The second-order valence-electron chi connectivity index (χ2n) is 3.95. The minimum Gasteiger partial charge on any atom is -0.339 e. The summed E-state index contributed by atoms with van der Waals surface area (Å²) >= 11 is 11.7. The summed E-state index contributed by atoms with van der Waals surface area (Å²) in [6.45, 7) is 3.71. The van der Waals surface area contributed by atoms with Gasteiger partial charge in [0.05, 0.1) is 6.20 Å². The van der Waals surface area contributed by atoms with Gasteiger partial charge < -0.3 is 5.32 Å². The SMILES string of the molecule is C=Cc1cccc(Nc2nc(Cl)ncc2Cl)c1.O=CC(F)(F)F. The maximum Gasteiger partial charge on any atom is 0.446 e. The summed E-state index contributed by atoms with van der Waals surface area (Å²) in [4.78, 5) is 16.5. The van der Waals surface area contributed by atoms with Crippen LogP contribution in [0.15, 0.2) is 37.0 Å². The largest absolute Gasteiger partial charge is 0.446 e. The first kappa shape index (κ1) is 18.9. The molecule has 9 heteroatoms. The van der Waals surface area contributed by atoms with Crippen molar-refractivity contribution in [1.29, 1.82) is 0 Å². The molecule has 0 amide bonds. The van der Waals surface area contributed by atoms with Gasteiger partial charge in [-0.05, 0) is 29.3 Å². The normalized spacial score (nSPS) is 10.3. The molecule has 2 rings (SSSR count). The van der Waals surface area contributed by atoms with E-state index in [4.69, 9.17) is 28.0 Å². The molecule has 1 aromatic heterocycles. The zero-order valence-corrected chi connectivity index (χ0v) is 13.0. The molecule has 0 aliphatic rings. The monoisotopic (exact) mass is 363 g/mol. The van der Waals surface area contributed by atoms with E-state index in [9.17, 15) is 13.2 Å². The molecule has 0 unspecified atom stereocenters. The Morgan fingerprint density at radius 3 is 2.48 bits per heavy atom. The summed E-state index contributed by atoms with van der Waals surface area (Å²) in [6.07, 6.45) is -2.48. The second kappa shape index (κ2) is 8.50. The Kier molecular flexibility index (Phi) is 6.99. The highest BCUT2D eigenvalue weighted by Gasteiger charge is 2.24. The van der Waals surface area contributed by atoms with Gasteiger partial charge in [0.15, 0.2) is 5.82 Å². The van der Waals surface area contributed by atoms with Crippen LogP contribution < -0.4 is 5.32 Å². The first-order valence-electron chi connectivity index (χ1n) is 5.96. The van der Waals surface area contributed by atoms with Crippen molar-refractivity contribution in [2.24, 2.45) is 0 Å². The molecule has 0 saturated carbocycles. The van der Waals surface area contributed by atoms with Gasteiger partial charge in [-0.15, -0.1) is 0 Å². The van der Waals surface area contributed by atoms with E-state index >= 15 is 0 Å². The summed E-state index contributed by atoms with van der Waals surface area (Å²) in [5.74, 6) is 0.480. The van der Waals surface area contributed by atoms with Crippen LogP contribution in [-0.2, 0) is 4.79 Å². The first-order chi connectivity index (χ1) is 10.7. The highest BCUT2D eigenvalue weighted by Crippen LogP contribution is 2.24. The lowest BCUT2D eigenvalue weighted by molar-refractivity contribution is -0.156. The smallest absolute Gasteiger partial charge is 0.339 e. The van der Waals surface area contributed by atoms with E-state index in [0.717, 1.165) is 11.3 Å². The Balaban J connectivity index is 0.000000379. The fraction of sp³-hybridized carbons (Fsp3) is 0.0714. The molecule has 0 bridgehead atoms. The van der Waals surface area contributed by atoms with Gasteiger partial charge in [0, 0.05) is 5.69 Å². The van der Waals surface area contributed by atoms with Crippen molar-refractivity contribution in [3.63, 3.8) is 0 Å². The molecule has 0 fully saturated rings. The number of hydrogen-bond donors (Lipinski definition) is 1. The maximum atomic E-state index is 10.4. The summed E-state index contributed by atoms with van der Waals surface area (Å²) in [7, 11) is 0. The van der Waals surface area contributed by atoms with Crippen LogP contribution in [0.3, 0.4) is 0 Å². The Morgan fingerprint density at radius 1 is 1.26 bits per heavy atom.